The molecule has 1 amide bonds. The molecule has 1 fully saturated rings. The van der Waals surface area contributed by atoms with Gasteiger partial charge in [-0.3, -0.25) is 19.4 Å². The molecule has 2 aromatic rings. The molecule has 1 aliphatic rings. The first kappa shape index (κ1) is 30.9. The smallest absolute Gasteiger partial charge is 0.303 e. The van der Waals surface area contributed by atoms with E-state index in [1.165, 1.54) is 0 Å². The van der Waals surface area contributed by atoms with E-state index in [0.717, 1.165) is 30.6 Å². The van der Waals surface area contributed by atoms with Gasteiger partial charge in [-0.05, 0) is 75.2 Å². The van der Waals surface area contributed by atoms with E-state index in [1.54, 1.807) is 12.1 Å². The number of aromatic hydroxyl groups is 1. The maximum Gasteiger partial charge on any atom is 0.303 e. The van der Waals surface area contributed by atoms with Crippen molar-refractivity contribution in [3.05, 3.63) is 77.9 Å². The Morgan fingerprint density at radius 1 is 1.12 bits per heavy atom. The number of carbonyl (C=O) groups is 2. The second-order valence-corrected chi connectivity index (χ2v) is 10.5. The quantitative estimate of drug-likeness (QED) is 0.164. The van der Waals surface area contributed by atoms with Crippen molar-refractivity contribution in [2.45, 2.75) is 50.7 Å². The van der Waals surface area contributed by atoms with E-state index in [1.807, 2.05) is 42.5 Å². The Hall–Kier alpha value is -3.64. The van der Waals surface area contributed by atoms with Crippen molar-refractivity contribution in [2.75, 3.05) is 39.3 Å². The van der Waals surface area contributed by atoms with Crippen LogP contribution in [0.2, 0.25) is 0 Å². The molecule has 0 aliphatic carbocycles. The van der Waals surface area contributed by atoms with E-state index in [9.17, 15) is 14.7 Å². The molecule has 1 saturated heterocycles. The van der Waals surface area contributed by atoms with Gasteiger partial charge in [0, 0.05) is 44.2 Å². The standard InChI is InChI=1S/C32H42N4O4/c1-5-20-35-22-24(3)36(23-28(35)6-2)32(4,27-10-7-11-29(37)21-27)26-15-13-25(14-16-26)31(40)34-19-9-18-33-17-8-12-30(38)39/h2,5,7,10-11,13-16,21,24,28,33,37H,1,8-9,12,17-20,22-23H2,3-4H3,(H,34,40)(H,38,39)/t24-,28+,32+/m0/s1. The van der Waals surface area contributed by atoms with Crippen LogP contribution in [0.1, 0.15) is 54.6 Å². The Balaban J connectivity index is 1.74. The van der Waals surface area contributed by atoms with Crippen LogP contribution in [0.4, 0.5) is 0 Å². The average Bonchev–Trinajstić information content (AvgIpc) is 2.94. The Bertz CT molecular complexity index is 1190. The molecule has 0 aromatic heterocycles. The number of phenols is 1. The summed E-state index contributed by atoms with van der Waals surface area (Å²) in [4.78, 5) is 28.0. The van der Waals surface area contributed by atoms with Crippen molar-refractivity contribution in [1.82, 2.24) is 20.4 Å². The molecule has 1 heterocycles. The van der Waals surface area contributed by atoms with E-state index in [-0.39, 0.29) is 30.2 Å². The normalized spacial score (nSPS) is 19.3. The second-order valence-electron chi connectivity index (χ2n) is 10.5. The number of piperazine rings is 1. The van der Waals surface area contributed by atoms with Gasteiger partial charge in [-0.25, -0.2) is 0 Å². The van der Waals surface area contributed by atoms with Gasteiger partial charge in [-0.15, -0.1) is 13.0 Å². The van der Waals surface area contributed by atoms with Crippen molar-refractivity contribution in [1.29, 1.82) is 0 Å². The monoisotopic (exact) mass is 546 g/mol. The van der Waals surface area contributed by atoms with Crippen molar-refractivity contribution in [2.24, 2.45) is 0 Å². The van der Waals surface area contributed by atoms with Crippen molar-refractivity contribution < 1.29 is 19.8 Å². The van der Waals surface area contributed by atoms with E-state index in [4.69, 9.17) is 11.5 Å². The average molecular weight is 547 g/mol. The van der Waals surface area contributed by atoms with Crippen LogP contribution in [-0.4, -0.2) is 83.2 Å². The van der Waals surface area contributed by atoms with Gasteiger partial charge < -0.3 is 20.8 Å². The highest BCUT2D eigenvalue weighted by molar-refractivity contribution is 5.94. The number of carbonyl (C=O) groups excluding carboxylic acids is 1. The third-order valence-corrected chi connectivity index (χ3v) is 7.65. The molecule has 2 aromatic carbocycles. The van der Waals surface area contributed by atoms with E-state index >= 15 is 0 Å². The van der Waals surface area contributed by atoms with Crippen LogP contribution in [-0.2, 0) is 10.3 Å². The number of carboxylic acid groups (broad SMARTS) is 1. The number of amides is 1. The number of phenolic OH excluding ortho intramolecular Hbond substituents is 1. The van der Waals surface area contributed by atoms with Crippen molar-refractivity contribution in [3.8, 4) is 18.1 Å². The Kier molecular flexibility index (Phi) is 11.3. The molecule has 4 N–H and O–H groups in total. The van der Waals surface area contributed by atoms with E-state index in [0.29, 0.717) is 38.2 Å². The van der Waals surface area contributed by atoms with Crippen LogP contribution in [0, 0.1) is 12.3 Å². The number of nitrogens with one attached hydrogen (secondary N) is 2. The first-order valence-corrected chi connectivity index (χ1v) is 13.9. The Morgan fingerprint density at radius 3 is 2.50 bits per heavy atom. The maximum absolute atomic E-state index is 12.8. The number of nitrogens with zero attached hydrogens (tertiary/aromatic N) is 2. The number of carboxylic acids is 1. The molecule has 0 bridgehead atoms. The summed E-state index contributed by atoms with van der Waals surface area (Å²) in [7, 11) is 0. The summed E-state index contributed by atoms with van der Waals surface area (Å²) < 4.78 is 0. The predicted octanol–water partition coefficient (Wildman–Crippen LogP) is 3.42. The fourth-order valence-corrected chi connectivity index (χ4v) is 5.46. The SMILES string of the molecule is C#C[C@@H]1CN([C@](C)(c2ccc(C(=O)NCCCNCCCC(=O)O)cc2)c2cccc(O)c2)[C@@H](C)CN1CC=C. The molecule has 3 atom stereocenters. The summed E-state index contributed by atoms with van der Waals surface area (Å²) in [6, 6.07) is 15.1. The van der Waals surface area contributed by atoms with Gasteiger partial charge in [0.2, 0.25) is 0 Å². The van der Waals surface area contributed by atoms with Crippen LogP contribution in [0.25, 0.3) is 0 Å². The first-order valence-electron chi connectivity index (χ1n) is 13.9. The maximum atomic E-state index is 12.8. The highest BCUT2D eigenvalue weighted by Crippen LogP contribution is 2.40. The molecule has 0 unspecified atom stereocenters. The second kappa shape index (κ2) is 14.7. The summed E-state index contributed by atoms with van der Waals surface area (Å²) in [5.41, 5.74) is 1.91. The highest BCUT2D eigenvalue weighted by Gasteiger charge is 2.43. The minimum Gasteiger partial charge on any atom is -0.508 e. The van der Waals surface area contributed by atoms with Crippen LogP contribution in [0.5, 0.6) is 5.75 Å². The Morgan fingerprint density at radius 2 is 1.85 bits per heavy atom. The van der Waals surface area contributed by atoms with Gasteiger partial charge in [-0.2, -0.15) is 0 Å². The fourth-order valence-electron chi connectivity index (χ4n) is 5.46. The topological polar surface area (TPSA) is 105 Å². The summed E-state index contributed by atoms with van der Waals surface area (Å²) in [6.45, 7) is 12.2. The molecule has 8 nitrogen and oxygen atoms in total. The van der Waals surface area contributed by atoms with Crippen LogP contribution >= 0.6 is 0 Å². The summed E-state index contributed by atoms with van der Waals surface area (Å²) >= 11 is 0. The van der Waals surface area contributed by atoms with Gasteiger partial charge in [0.15, 0.2) is 0 Å². The molecule has 0 radical (unpaired) electrons. The zero-order chi connectivity index (χ0) is 29.1. The number of rotatable bonds is 14. The summed E-state index contributed by atoms with van der Waals surface area (Å²) in [6.07, 6.45) is 9.32. The zero-order valence-corrected chi connectivity index (χ0v) is 23.6. The lowest BCUT2D eigenvalue weighted by Crippen LogP contribution is -2.62. The van der Waals surface area contributed by atoms with Crippen LogP contribution in [0.15, 0.2) is 61.2 Å². The van der Waals surface area contributed by atoms with Crippen LogP contribution < -0.4 is 10.6 Å². The largest absolute Gasteiger partial charge is 0.508 e. The minimum atomic E-state index is -0.792. The third kappa shape index (κ3) is 7.72. The van der Waals surface area contributed by atoms with Gasteiger partial charge >= 0.3 is 5.97 Å². The number of hydrogen-bond acceptors (Lipinski definition) is 6. The molecule has 1 aliphatic heterocycles. The van der Waals surface area contributed by atoms with Crippen molar-refractivity contribution >= 4 is 11.9 Å². The molecular weight excluding hydrogens is 504 g/mol. The van der Waals surface area contributed by atoms with Gasteiger partial charge in [0.1, 0.15) is 5.75 Å². The molecule has 40 heavy (non-hydrogen) atoms. The summed E-state index contributed by atoms with van der Waals surface area (Å²) in [5, 5.41) is 25.2. The molecule has 3 rings (SSSR count). The number of aliphatic carboxylic acids is 1. The van der Waals surface area contributed by atoms with Gasteiger partial charge in [0.25, 0.3) is 5.91 Å². The molecule has 8 heteroatoms. The summed E-state index contributed by atoms with van der Waals surface area (Å²) in [5.74, 6) is 2.21. The van der Waals surface area contributed by atoms with Crippen LogP contribution in [0.3, 0.4) is 0 Å². The van der Waals surface area contributed by atoms with Crippen molar-refractivity contribution in [3.63, 3.8) is 0 Å². The van der Waals surface area contributed by atoms with Gasteiger partial charge in [0.05, 0.1) is 11.6 Å². The molecule has 0 saturated carbocycles. The zero-order valence-electron chi connectivity index (χ0n) is 23.6. The van der Waals surface area contributed by atoms with E-state index < -0.39 is 11.5 Å². The fraction of sp³-hybridized carbons (Fsp3) is 0.438. The lowest BCUT2D eigenvalue weighted by molar-refractivity contribution is -0.137. The van der Waals surface area contributed by atoms with E-state index in [2.05, 4.69) is 46.8 Å². The molecular formula is C32H42N4O4. The number of hydrogen-bond donors (Lipinski definition) is 4. The number of benzene rings is 2. The van der Waals surface area contributed by atoms with Gasteiger partial charge in [-0.1, -0.05) is 36.3 Å². The minimum absolute atomic E-state index is 0.0810. The first-order chi connectivity index (χ1) is 19.2. The lowest BCUT2D eigenvalue weighted by atomic mass is 9.80. The lowest BCUT2D eigenvalue weighted by Gasteiger charge is -2.52. The highest BCUT2D eigenvalue weighted by atomic mass is 16.4. The molecule has 0 spiro atoms. The Labute approximate surface area is 238 Å². The number of terminal acetylenes is 1. The third-order valence-electron chi connectivity index (χ3n) is 7.65. The predicted molar refractivity (Wildman–Crippen MR) is 158 cm³/mol. The molecule has 214 valence electrons.